The summed E-state index contributed by atoms with van der Waals surface area (Å²) in [5.41, 5.74) is 1.22. The first kappa shape index (κ1) is 25.4. The van der Waals surface area contributed by atoms with Crippen LogP contribution in [0.4, 0.5) is 13.2 Å². The van der Waals surface area contributed by atoms with Crippen molar-refractivity contribution >= 4 is 10.9 Å². The van der Waals surface area contributed by atoms with Gasteiger partial charge in [-0.25, -0.2) is 4.98 Å². The van der Waals surface area contributed by atoms with E-state index in [1.165, 1.54) is 12.1 Å². The first-order valence-electron chi connectivity index (χ1n) is 12.5. The maximum atomic E-state index is 13.9. The van der Waals surface area contributed by atoms with Gasteiger partial charge in [0.2, 0.25) is 0 Å². The second kappa shape index (κ2) is 10.1. The summed E-state index contributed by atoms with van der Waals surface area (Å²) in [5.74, 6) is 0.889. The third-order valence-electron chi connectivity index (χ3n) is 7.07. The van der Waals surface area contributed by atoms with E-state index in [0.717, 1.165) is 56.7 Å². The zero-order valence-corrected chi connectivity index (χ0v) is 20.9. The van der Waals surface area contributed by atoms with Gasteiger partial charge in [-0.05, 0) is 75.0 Å². The summed E-state index contributed by atoms with van der Waals surface area (Å²) in [7, 11) is 0. The minimum Gasteiger partial charge on any atom is -0.301 e. The number of likely N-dealkylation sites (tertiary alicyclic amines) is 1. The molecule has 1 aliphatic heterocycles. The minimum absolute atomic E-state index is 0.0610. The van der Waals surface area contributed by atoms with Crippen molar-refractivity contribution in [3.8, 4) is 11.1 Å². The summed E-state index contributed by atoms with van der Waals surface area (Å²) >= 11 is 0. The number of hydrogen-bond acceptors (Lipinski definition) is 3. The van der Waals surface area contributed by atoms with Gasteiger partial charge in [-0.2, -0.15) is 13.2 Å². The molecule has 0 radical (unpaired) electrons. The van der Waals surface area contributed by atoms with E-state index in [-0.39, 0.29) is 17.5 Å². The summed E-state index contributed by atoms with van der Waals surface area (Å²) in [6.45, 7) is 10.6. The van der Waals surface area contributed by atoms with Crippen molar-refractivity contribution in [3.63, 3.8) is 0 Å². The van der Waals surface area contributed by atoms with Crippen LogP contribution in [-0.2, 0) is 6.18 Å². The highest BCUT2D eigenvalue weighted by atomic mass is 19.4. The lowest BCUT2D eigenvalue weighted by atomic mass is 9.99. The summed E-state index contributed by atoms with van der Waals surface area (Å²) in [6.07, 6.45) is -0.377. The quantitative estimate of drug-likeness (QED) is 0.398. The third-order valence-corrected chi connectivity index (χ3v) is 7.07. The molecule has 1 aliphatic rings. The molecule has 4 rings (SSSR count). The monoisotopic (exact) mass is 485 g/mol. The lowest BCUT2D eigenvalue weighted by Gasteiger charge is -2.33. The van der Waals surface area contributed by atoms with Crippen LogP contribution >= 0.6 is 0 Å². The molecule has 7 heteroatoms. The lowest BCUT2D eigenvalue weighted by Crippen LogP contribution is -2.38. The maximum absolute atomic E-state index is 13.9. The fourth-order valence-corrected chi connectivity index (χ4v) is 5.05. The van der Waals surface area contributed by atoms with Gasteiger partial charge < -0.3 is 4.90 Å². The van der Waals surface area contributed by atoms with Gasteiger partial charge in [0.15, 0.2) is 0 Å². The lowest BCUT2D eigenvalue weighted by molar-refractivity contribution is -0.137. The van der Waals surface area contributed by atoms with Gasteiger partial charge in [0.05, 0.1) is 16.5 Å². The van der Waals surface area contributed by atoms with Crippen molar-refractivity contribution in [2.24, 2.45) is 0 Å². The Morgan fingerprint density at radius 1 is 0.914 bits per heavy atom. The predicted octanol–water partition coefficient (Wildman–Crippen LogP) is 7.03. The number of nitrogens with zero attached hydrogens (tertiary/aromatic N) is 3. The fraction of sp³-hybridized carbons (Fsp3) is 0.500. The molecular formula is C28H34F3N3O. The summed E-state index contributed by atoms with van der Waals surface area (Å²) in [5, 5.41) is 0.509. The third kappa shape index (κ3) is 5.45. The molecule has 0 spiro atoms. The number of benzene rings is 2. The van der Waals surface area contributed by atoms with Crippen LogP contribution in [-0.4, -0.2) is 33.6 Å². The molecule has 0 aliphatic carbocycles. The molecule has 35 heavy (non-hydrogen) atoms. The van der Waals surface area contributed by atoms with E-state index in [9.17, 15) is 18.0 Å². The molecule has 0 saturated carbocycles. The van der Waals surface area contributed by atoms with E-state index in [1.54, 1.807) is 12.1 Å². The van der Waals surface area contributed by atoms with Crippen LogP contribution in [0.3, 0.4) is 0 Å². The molecule has 1 unspecified atom stereocenters. The Morgan fingerprint density at radius 3 is 2.23 bits per heavy atom. The van der Waals surface area contributed by atoms with Gasteiger partial charge in [0, 0.05) is 24.5 Å². The van der Waals surface area contributed by atoms with Crippen LogP contribution in [0.15, 0.2) is 47.3 Å². The van der Waals surface area contributed by atoms with Crippen LogP contribution in [0.25, 0.3) is 22.0 Å². The van der Waals surface area contributed by atoms with E-state index in [2.05, 4.69) is 32.6 Å². The molecule has 188 valence electrons. The highest BCUT2D eigenvalue weighted by Gasteiger charge is 2.30. The number of hydrogen-bond donors (Lipinski definition) is 0. The molecule has 2 aromatic carbocycles. The molecule has 1 fully saturated rings. The number of halogens is 3. The molecular weight excluding hydrogens is 451 g/mol. The van der Waals surface area contributed by atoms with Crippen molar-refractivity contribution in [2.45, 2.75) is 77.6 Å². The average molecular weight is 486 g/mol. The van der Waals surface area contributed by atoms with Gasteiger partial charge >= 0.3 is 6.18 Å². The van der Waals surface area contributed by atoms with Crippen molar-refractivity contribution in [1.29, 1.82) is 0 Å². The van der Waals surface area contributed by atoms with Crippen LogP contribution < -0.4 is 5.56 Å². The van der Waals surface area contributed by atoms with Crippen LogP contribution in [0.5, 0.6) is 0 Å². The van der Waals surface area contributed by atoms with Gasteiger partial charge in [0.25, 0.3) is 5.56 Å². The van der Waals surface area contributed by atoms with Crippen LogP contribution in [0, 0.1) is 0 Å². The SMILES string of the molecule is CC(C)c1nc2ccc(-c3ccc(C(F)(F)F)cc3)cc2c(=O)n1C1CCCCN(C(C)C)CC1. The molecule has 3 aromatic rings. The number of aromatic nitrogens is 2. The number of alkyl halides is 3. The molecule has 0 amide bonds. The van der Waals surface area contributed by atoms with Crippen molar-refractivity contribution < 1.29 is 13.2 Å². The highest BCUT2D eigenvalue weighted by molar-refractivity contribution is 5.84. The van der Waals surface area contributed by atoms with E-state index >= 15 is 0 Å². The molecule has 0 bridgehead atoms. The van der Waals surface area contributed by atoms with Crippen molar-refractivity contribution in [1.82, 2.24) is 14.5 Å². The Bertz CT molecular complexity index is 1230. The normalized spacial score (nSPS) is 18.3. The minimum atomic E-state index is -4.38. The smallest absolute Gasteiger partial charge is 0.301 e. The fourth-order valence-electron chi connectivity index (χ4n) is 5.05. The molecule has 1 aromatic heterocycles. The molecule has 1 saturated heterocycles. The molecule has 4 nitrogen and oxygen atoms in total. The van der Waals surface area contributed by atoms with Gasteiger partial charge in [-0.3, -0.25) is 9.36 Å². The Labute approximate surface area is 204 Å². The Kier molecular flexibility index (Phi) is 7.36. The first-order chi connectivity index (χ1) is 16.6. The topological polar surface area (TPSA) is 38.1 Å². The zero-order valence-electron chi connectivity index (χ0n) is 20.9. The Morgan fingerprint density at radius 2 is 1.60 bits per heavy atom. The highest BCUT2D eigenvalue weighted by Crippen LogP contribution is 2.32. The Hall–Kier alpha value is -2.67. The number of rotatable bonds is 4. The van der Waals surface area contributed by atoms with E-state index in [4.69, 9.17) is 4.98 Å². The van der Waals surface area contributed by atoms with Crippen LogP contribution in [0.2, 0.25) is 0 Å². The maximum Gasteiger partial charge on any atom is 0.416 e. The average Bonchev–Trinajstić information content (AvgIpc) is 2.78. The van der Waals surface area contributed by atoms with Gasteiger partial charge in [0.1, 0.15) is 5.82 Å². The summed E-state index contributed by atoms with van der Waals surface area (Å²) in [6, 6.07) is 11.0. The number of fused-ring (bicyclic) bond motifs is 1. The van der Waals surface area contributed by atoms with E-state index in [0.29, 0.717) is 28.1 Å². The molecule has 2 heterocycles. The van der Waals surface area contributed by atoms with E-state index < -0.39 is 11.7 Å². The zero-order chi connectivity index (χ0) is 25.3. The summed E-state index contributed by atoms with van der Waals surface area (Å²) < 4.78 is 40.8. The summed E-state index contributed by atoms with van der Waals surface area (Å²) in [4.78, 5) is 21.3. The molecule has 1 atom stereocenters. The predicted molar refractivity (Wildman–Crippen MR) is 135 cm³/mol. The van der Waals surface area contributed by atoms with E-state index in [1.807, 2.05) is 10.6 Å². The standard InChI is InChI=1S/C28H34F3N3O/c1-18(2)26-32-25-13-10-21(20-8-11-22(12-9-20)28(29,30)31)17-24(25)27(35)34(26)23-7-5-6-15-33(16-14-23)19(3)4/h8-13,17-19,23H,5-7,14-16H2,1-4H3. The van der Waals surface area contributed by atoms with Crippen LogP contribution in [0.1, 0.15) is 76.7 Å². The first-order valence-corrected chi connectivity index (χ1v) is 12.5. The van der Waals surface area contributed by atoms with Crippen molar-refractivity contribution in [2.75, 3.05) is 13.1 Å². The van der Waals surface area contributed by atoms with Gasteiger partial charge in [-0.15, -0.1) is 0 Å². The Balaban J connectivity index is 1.78. The van der Waals surface area contributed by atoms with Gasteiger partial charge in [-0.1, -0.05) is 38.5 Å². The largest absolute Gasteiger partial charge is 0.416 e. The van der Waals surface area contributed by atoms with Crippen molar-refractivity contribution in [3.05, 3.63) is 64.2 Å². The second-order valence-corrected chi connectivity index (χ2v) is 10.2. The second-order valence-electron chi connectivity index (χ2n) is 10.2. The molecule has 0 N–H and O–H groups in total.